The largest absolute Gasteiger partial charge is 0.342 e. The highest BCUT2D eigenvalue weighted by atomic mass is 32.2. The maximum atomic E-state index is 12.9. The van der Waals surface area contributed by atoms with Crippen LogP contribution in [-0.2, 0) is 28.3 Å². The van der Waals surface area contributed by atoms with Gasteiger partial charge in [-0.05, 0) is 36.1 Å². The molecule has 1 fully saturated rings. The van der Waals surface area contributed by atoms with Gasteiger partial charge in [0.25, 0.3) is 0 Å². The summed E-state index contributed by atoms with van der Waals surface area (Å²) in [5.41, 5.74) is 1.70. The molecule has 0 bridgehead atoms. The Hall–Kier alpha value is -2.97. The molecule has 168 valence electrons. The molecule has 1 atom stereocenters. The summed E-state index contributed by atoms with van der Waals surface area (Å²) in [7, 11) is -1.58. The smallest absolute Gasteiger partial charge is 0.243 e. The van der Waals surface area contributed by atoms with Crippen LogP contribution in [0.4, 0.5) is 0 Å². The van der Waals surface area contributed by atoms with E-state index in [9.17, 15) is 13.2 Å². The molecule has 7 nitrogen and oxygen atoms in total. The first-order valence-corrected chi connectivity index (χ1v) is 12.3. The number of carbonyl (C=O) groups is 1. The number of aryl methyl sites for hydroxylation is 1. The predicted molar refractivity (Wildman–Crippen MR) is 122 cm³/mol. The topological polar surface area (TPSA) is 84.3 Å². The molecule has 32 heavy (non-hydrogen) atoms. The van der Waals surface area contributed by atoms with Crippen LogP contribution in [-0.4, -0.2) is 41.3 Å². The molecule has 1 N–H and O–H groups in total. The second-order valence-corrected chi connectivity index (χ2v) is 10.0. The lowest BCUT2D eigenvalue weighted by Crippen LogP contribution is -2.35. The standard InChI is InChI=1S/C24H28N4O3S/c1-27-17-14-25-24(27)23(20-8-4-2-5-9-20)26-22(29)18-19-10-12-21(13-11-19)32(30,31)28-15-6-3-7-16-28/h2,4-5,8-14,17,23H,3,6-7,15-16,18H2,1H3,(H,26,29). The van der Waals surface area contributed by atoms with Crippen molar-refractivity contribution in [2.45, 2.75) is 36.6 Å². The molecule has 1 aliphatic rings. The van der Waals surface area contributed by atoms with Gasteiger partial charge >= 0.3 is 0 Å². The average Bonchev–Trinajstić information content (AvgIpc) is 3.24. The number of hydrogen-bond acceptors (Lipinski definition) is 4. The van der Waals surface area contributed by atoms with E-state index in [2.05, 4.69) is 10.3 Å². The van der Waals surface area contributed by atoms with Crippen LogP contribution in [0, 0.1) is 0 Å². The van der Waals surface area contributed by atoms with Crippen molar-refractivity contribution in [1.82, 2.24) is 19.2 Å². The van der Waals surface area contributed by atoms with Crippen LogP contribution in [0.5, 0.6) is 0 Å². The summed E-state index contributed by atoms with van der Waals surface area (Å²) in [5.74, 6) is 0.584. The molecular formula is C24H28N4O3S. The summed E-state index contributed by atoms with van der Waals surface area (Å²) >= 11 is 0. The lowest BCUT2D eigenvalue weighted by molar-refractivity contribution is -0.121. The van der Waals surface area contributed by atoms with E-state index in [4.69, 9.17) is 0 Å². The second-order valence-electron chi connectivity index (χ2n) is 8.09. The Morgan fingerprint density at radius 3 is 2.34 bits per heavy atom. The number of nitrogens with zero attached hydrogens (tertiary/aromatic N) is 3. The van der Waals surface area contributed by atoms with Gasteiger partial charge in [-0.25, -0.2) is 13.4 Å². The zero-order chi connectivity index (χ0) is 22.6. The van der Waals surface area contributed by atoms with Gasteiger partial charge in [0.05, 0.1) is 11.3 Å². The number of carbonyl (C=O) groups excluding carboxylic acids is 1. The summed E-state index contributed by atoms with van der Waals surface area (Å²) in [4.78, 5) is 17.5. The average molecular weight is 453 g/mol. The highest BCUT2D eigenvalue weighted by Crippen LogP contribution is 2.22. The molecule has 4 rings (SSSR count). The fraction of sp³-hybridized carbons (Fsp3) is 0.333. The van der Waals surface area contributed by atoms with Crippen LogP contribution in [0.1, 0.15) is 42.3 Å². The molecule has 1 aliphatic heterocycles. The monoisotopic (exact) mass is 452 g/mol. The van der Waals surface area contributed by atoms with Crippen molar-refractivity contribution in [3.05, 3.63) is 83.9 Å². The van der Waals surface area contributed by atoms with E-state index in [0.717, 1.165) is 36.2 Å². The minimum atomic E-state index is -3.47. The third-order valence-electron chi connectivity index (χ3n) is 5.80. The molecule has 8 heteroatoms. The summed E-state index contributed by atoms with van der Waals surface area (Å²) < 4.78 is 29.1. The minimum absolute atomic E-state index is 0.151. The number of imidazole rings is 1. The predicted octanol–water partition coefficient (Wildman–Crippen LogP) is 3.04. The normalized spacial score (nSPS) is 15.9. The minimum Gasteiger partial charge on any atom is -0.342 e. The number of sulfonamides is 1. The third kappa shape index (κ3) is 4.92. The van der Waals surface area contributed by atoms with Crippen LogP contribution >= 0.6 is 0 Å². The number of aromatic nitrogens is 2. The van der Waals surface area contributed by atoms with Crippen molar-refractivity contribution in [3.63, 3.8) is 0 Å². The fourth-order valence-electron chi connectivity index (χ4n) is 4.03. The van der Waals surface area contributed by atoms with Gasteiger partial charge in [0.15, 0.2) is 0 Å². The lowest BCUT2D eigenvalue weighted by Gasteiger charge is -2.25. The first-order valence-electron chi connectivity index (χ1n) is 10.9. The summed E-state index contributed by atoms with van der Waals surface area (Å²) in [6, 6.07) is 16.0. The molecule has 0 aliphatic carbocycles. The number of piperidine rings is 1. The molecule has 1 amide bonds. The van der Waals surface area contributed by atoms with Gasteiger partial charge in [-0.3, -0.25) is 4.79 Å². The molecular weight excluding hydrogens is 424 g/mol. The molecule has 2 aromatic carbocycles. The first-order chi connectivity index (χ1) is 15.4. The van der Waals surface area contributed by atoms with Gasteiger partial charge in [-0.1, -0.05) is 48.9 Å². The van der Waals surface area contributed by atoms with Crippen molar-refractivity contribution < 1.29 is 13.2 Å². The van der Waals surface area contributed by atoms with Gasteiger partial charge in [0.2, 0.25) is 15.9 Å². The Labute approximate surface area is 189 Å². The molecule has 1 aromatic heterocycles. The highest BCUT2D eigenvalue weighted by Gasteiger charge is 2.26. The SMILES string of the molecule is Cn1ccnc1C(NC(=O)Cc1ccc(S(=O)(=O)N2CCCCC2)cc1)c1ccccc1. The second kappa shape index (κ2) is 9.67. The lowest BCUT2D eigenvalue weighted by atomic mass is 10.1. The van der Waals surface area contributed by atoms with Crippen molar-refractivity contribution in [2.24, 2.45) is 7.05 Å². The Bertz CT molecular complexity index is 1150. The number of rotatable bonds is 7. The first kappa shape index (κ1) is 22.2. The van der Waals surface area contributed by atoms with Gasteiger partial charge in [0.1, 0.15) is 11.9 Å². The Balaban J connectivity index is 1.46. The maximum absolute atomic E-state index is 12.9. The van der Waals surface area contributed by atoms with Crippen LogP contribution < -0.4 is 5.32 Å². The zero-order valence-corrected chi connectivity index (χ0v) is 19.0. The van der Waals surface area contributed by atoms with Gasteiger partial charge < -0.3 is 9.88 Å². The fourth-order valence-corrected chi connectivity index (χ4v) is 5.55. The van der Waals surface area contributed by atoms with E-state index in [0.29, 0.717) is 13.1 Å². The molecule has 0 radical (unpaired) electrons. The molecule has 3 aromatic rings. The van der Waals surface area contributed by atoms with E-state index < -0.39 is 10.0 Å². The number of nitrogens with one attached hydrogen (secondary N) is 1. The van der Waals surface area contributed by atoms with E-state index in [1.807, 2.05) is 48.1 Å². The van der Waals surface area contributed by atoms with Crippen LogP contribution in [0.3, 0.4) is 0 Å². The van der Waals surface area contributed by atoms with E-state index in [-0.39, 0.29) is 23.3 Å². The van der Waals surface area contributed by atoms with Crippen molar-refractivity contribution in [2.75, 3.05) is 13.1 Å². The van der Waals surface area contributed by atoms with E-state index >= 15 is 0 Å². The quantitative estimate of drug-likeness (QED) is 0.597. The number of amides is 1. The Morgan fingerprint density at radius 2 is 1.72 bits per heavy atom. The maximum Gasteiger partial charge on any atom is 0.243 e. The van der Waals surface area contributed by atoms with E-state index in [1.165, 1.54) is 0 Å². The number of hydrogen-bond donors (Lipinski definition) is 1. The Kier molecular flexibility index (Phi) is 6.72. The van der Waals surface area contributed by atoms with Crippen molar-refractivity contribution in [3.8, 4) is 0 Å². The Morgan fingerprint density at radius 1 is 1.03 bits per heavy atom. The summed E-state index contributed by atoms with van der Waals surface area (Å²) in [6.45, 7) is 1.14. The van der Waals surface area contributed by atoms with Crippen LogP contribution in [0.2, 0.25) is 0 Å². The third-order valence-corrected chi connectivity index (χ3v) is 7.71. The number of benzene rings is 2. The highest BCUT2D eigenvalue weighted by molar-refractivity contribution is 7.89. The van der Waals surface area contributed by atoms with Gasteiger partial charge in [0, 0.05) is 32.5 Å². The zero-order valence-electron chi connectivity index (χ0n) is 18.1. The van der Waals surface area contributed by atoms with Gasteiger partial charge in [-0.2, -0.15) is 4.31 Å². The summed E-state index contributed by atoms with van der Waals surface area (Å²) in [6.07, 6.45) is 6.57. The van der Waals surface area contributed by atoms with Crippen molar-refractivity contribution >= 4 is 15.9 Å². The molecule has 0 saturated carbocycles. The van der Waals surface area contributed by atoms with Crippen LogP contribution in [0.25, 0.3) is 0 Å². The van der Waals surface area contributed by atoms with Gasteiger partial charge in [-0.15, -0.1) is 0 Å². The molecule has 1 saturated heterocycles. The molecule has 0 spiro atoms. The molecule has 2 heterocycles. The molecule has 1 unspecified atom stereocenters. The summed E-state index contributed by atoms with van der Waals surface area (Å²) in [5, 5.41) is 3.07. The van der Waals surface area contributed by atoms with Crippen LogP contribution in [0.15, 0.2) is 71.9 Å². The van der Waals surface area contributed by atoms with E-state index in [1.54, 1.807) is 34.8 Å². The van der Waals surface area contributed by atoms with Crippen molar-refractivity contribution in [1.29, 1.82) is 0 Å².